The molecule has 1 aliphatic heterocycles. The summed E-state index contributed by atoms with van der Waals surface area (Å²) < 4.78 is 7.35. The molecule has 34 heavy (non-hydrogen) atoms. The standard InChI is InChI=1S/C26H29N5O3/c1-6-34-19-9-7-18(8-10-19)23-12-20(22-14-28-31(15(2)3)24(22)30-23)25(32)27-13-21-16(4)11-17(5)29-26(21)33/h7-12,14-15,21H,6,13H2,1-5H3,(H,27,32). The van der Waals surface area contributed by atoms with E-state index in [1.807, 2.05) is 58.0 Å². The molecule has 176 valence electrons. The van der Waals surface area contributed by atoms with Crippen molar-refractivity contribution in [1.82, 2.24) is 20.1 Å². The van der Waals surface area contributed by atoms with Crippen LogP contribution in [0.15, 0.2) is 53.2 Å². The van der Waals surface area contributed by atoms with Gasteiger partial charge in [-0.2, -0.15) is 5.10 Å². The number of rotatable bonds is 7. The fourth-order valence-corrected chi connectivity index (χ4v) is 4.07. The molecule has 1 aromatic carbocycles. The average molecular weight is 460 g/mol. The number of hydrogen-bond acceptors (Lipinski definition) is 5. The van der Waals surface area contributed by atoms with E-state index in [1.54, 1.807) is 23.9 Å². The first kappa shape index (κ1) is 23.4. The molecule has 4 rings (SSSR count). The van der Waals surface area contributed by atoms with Crippen molar-refractivity contribution in [3.63, 3.8) is 0 Å². The summed E-state index contributed by atoms with van der Waals surface area (Å²) in [5, 5.41) is 8.06. The van der Waals surface area contributed by atoms with Crippen molar-refractivity contribution in [3.05, 3.63) is 53.7 Å². The second-order valence-electron chi connectivity index (χ2n) is 8.68. The van der Waals surface area contributed by atoms with E-state index in [-0.39, 0.29) is 24.4 Å². The predicted molar refractivity (Wildman–Crippen MR) is 132 cm³/mol. The van der Waals surface area contributed by atoms with Crippen molar-refractivity contribution < 1.29 is 14.3 Å². The molecule has 8 heteroatoms. The molecule has 0 bridgehead atoms. The Morgan fingerprint density at radius 2 is 1.94 bits per heavy atom. The number of fused-ring (bicyclic) bond motifs is 1. The van der Waals surface area contributed by atoms with Crippen LogP contribution in [0.2, 0.25) is 0 Å². The molecule has 2 amide bonds. The van der Waals surface area contributed by atoms with Crippen LogP contribution in [0.25, 0.3) is 22.3 Å². The lowest BCUT2D eigenvalue weighted by molar-refractivity contribution is -0.120. The number of allylic oxidation sites excluding steroid dienone is 1. The highest BCUT2D eigenvalue weighted by Crippen LogP contribution is 2.28. The number of nitrogens with one attached hydrogen (secondary N) is 1. The normalized spacial score (nSPS) is 15.9. The fraction of sp³-hybridized carbons (Fsp3) is 0.346. The van der Waals surface area contributed by atoms with Gasteiger partial charge in [0.05, 0.1) is 35.4 Å². The Morgan fingerprint density at radius 1 is 1.21 bits per heavy atom. The minimum absolute atomic E-state index is 0.0743. The quantitative estimate of drug-likeness (QED) is 0.566. The Balaban J connectivity index is 1.69. The molecule has 1 atom stereocenters. The largest absolute Gasteiger partial charge is 0.494 e. The Bertz CT molecular complexity index is 1300. The van der Waals surface area contributed by atoms with Crippen molar-refractivity contribution >= 4 is 28.6 Å². The molecular weight excluding hydrogens is 430 g/mol. The first-order valence-corrected chi connectivity index (χ1v) is 11.5. The third kappa shape index (κ3) is 4.62. The molecule has 0 fully saturated rings. The number of pyridine rings is 1. The van der Waals surface area contributed by atoms with Gasteiger partial charge in [-0.05, 0) is 71.0 Å². The van der Waals surface area contributed by atoms with Crippen LogP contribution in [0.5, 0.6) is 5.75 Å². The minimum Gasteiger partial charge on any atom is -0.494 e. The predicted octanol–water partition coefficient (Wildman–Crippen LogP) is 4.37. The molecule has 0 aliphatic carbocycles. The van der Waals surface area contributed by atoms with Crippen LogP contribution < -0.4 is 10.1 Å². The summed E-state index contributed by atoms with van der Waals surface area (Å²) in [7, 11) is 0. The SMILES string of the molecule is CCOc1ccc(-c2cc(C(=O)NCC3C(=O)N=C(C)C=C3C)c3cnn(C(C)C)c3n2)cc1. The molecule has 1 N–H and O–H groups in total. The zero-order valence-corrected chi connectivity index (χ0v) is 20.1. The van der Waals surface area contributed by atoms with Crippen LogP contribution in [0.4, 0.5) is 0 Å². The molecule has 0 saturated heterocycles. The van der Waals surface area contributed by atoms with Gasteiger partial charge in [-0.3, -0.25) is 9.59 Å². The molecule has 8 nitrogen and oxygen atoms in total. The summed E-state index contributed by atoms with van der Waals surface area (Å²) in [5.74, 6) is -0.208. The summed E-state index contributed by atoms with van der Waals surface area (Å²) >= 11 is 0. The van der Waals surface area contributed by atoms with Crippen LogP contribution >= 0.6 is 0 Å². The van der Waals surface area contributed by atoms with Gasteiger partial charge in [0.1, 0.15) is 5.75 Å². The van der Waals surface area contributed by atoms with E-state index in [9.17, 15) is 9.59 Å². The molecule has 3 heterocycles. The number of carbonyl (C=O) groups is 2. The van der Waals surface area contributed by atoms with E-state index < -0.39 is 5.92 Å². The number of carbonyl (C=O) groups excluding carboxylic acids is 2. The van der Waals surface area contributed by atoms with Gasteiger partial charge in [0.2, 0.25) is 0 Å². The molecule has 3 aromatic rings. The lowest BCUT2D eigenvalue weighted by Crippen LogP contribution is -2.34. The maximum absolute atomic E-state index is 13.3. The van der Waals surface area contributed by atoms with Gasteiger partial charge < -0.3 is 10.1 Å². The molecule has 0 spiro atoms. The summed E-state index contributed by atoms with van der Waals surface area (Å²) in [6, 6.07) is 9.46. The van der Waals surface area contributed by atoms with Crippen LogP contribution in [0, 0.1) is 5.92 Å². The highest BCUT2D eigenvalue weighted by molar-refractivity contribution is 6.08. The van der Waals surface area contributed by atoms with Gasteiger partial charge in [-0.25, -0.2) is 14.7 Å². The van der Waals surface area contributed by atoms with Gasteiger partial charge in [0.25, 0.3) is 11.8 Å². The molecule has 1 aliphatic rings. The minimum atomic E-state index is -0.464. The van der Waals surface area contributed by atoms with Gasteiger partial charge >= 0.3 is 0 Å². The molecular formula is C26H29N5O3. The Labute approximate surface area is 198 Å². The van der Waals surface area contributed by atoms with E-state index in [4.69, 9.17) is 9.72 Å². The molecule has 2 aromatic heterocycles. The van der Waals surface area contributed by atoms with Crippen LogP contribution in [0.3, 0.4) is 0 Å². The zero-order chi connectivity index (χ0) is 24.4. The van der Waals surface area contributed by atoms with E-state index >= 15 is 0 Å². The Morgan fingerprint density at radius 3 is 2.59 bits per heavy atom. The first-order chi connectivity index (χ1) is 16.3. The lowest BCUT2D eigenvalue weighted by Gasteiger charge is -2.19. The third-order valence-electron chi connectivity index (χ3n) is 5.80. The van der Waals surface area contributed by atoms with Crippen LogP contribution in [-0.4, -0.2) is 45.4 Å². The van der Waals surface area contributed by atoms with E-state index in [1.165, 1.54) is 0 Å². The highest BCUT2D eigenvalue weighted by atomic mass is 16.5. The zero-order valence-electron chi connectivity index (χ0n) is 20.1. The van der Waals surface area contributed by atoms with Gasteiger partial charge in [-0.15, -0.1) is 0 Å². The highest BCUT2D eigenvalue weighted by Gasteiger charge is 2.25. The maximum Gasteiger partial charge on any atom is 0.254 e. The number of dihydropyridines is 1. The van der Waals surface area contributed by atoms with Crippen molar-refractivity contribution in [2.45, 2.75) is 40.7 Å². The van der Waals surface area contributed by atoms with Gasteiger partial charge in [0.15, 0.2) is 5.65 Å². The topological polar surface area (TPSA) is 98.5 Å². The summed E-state index contributed by atoms with van der Waals surface area (Å²) in [6.45, 7) is 10.4. The number of benzene rings is 1. The Kier molecular flexibility index (Phi) is 6.58. The fourth-order valence-electron chi connectivity index (χ4n) is 4.07. The number of hydrogen-bond donors (Lipinski definition) is 1. The number of aliphatic imine (C=N–C) groups is 1. The number of aromatic nitrogens is 3. The first-order valence-electron chi connectivity index (χ1n) is 11.5. The van der Waals surface area contributed by atoms with E-state index in [2.05, 4.69) is 15.4 Å². The molecule has 0 saturated carbocycles. The summed E-state index contributed by atoms with van der Waals surface area (Å²) in [5.41, 5.74) is 4.19. The lowest BCUT2D eigenvalue weighted by atomic mass is 9.95. The summed E-state index contributed by atoms with van der Waals surface area (Å²) in [4.78, 5) is 34.5. The van der Waals surface area contributed by atoms with Crippen LogP contribution in [0.1, 0.15) is 51.0 Å². The van der Waals surface area contributed by atoms with Crippen molar-refractivity contribution in [2.24, 2.45) is 10.9 Å². The van der Waals surface area contributed by atoms with Crippen molar-refractivity contribution in [2.75, 3.05) is 13.2 Å². The van der Waals surface area contributed by atoms with E-state index in [0.29, 0.717) is 34.6 Å². The second-order valence-corrected chi connectivity index (χ2v) is 8.68. The number of ether oxygens (including phenoxy) is 1. The van der Waals surface area contributed by atoms with Gasteiger partial charge in [0, 0.05) is 23.9 Å². The molecule has 1 unspecified atom stereocenters. The van der Waals surface area contributed by atoms with Crippen molar-refractivity contribution in [1.29, 1.82) is 0 Å². The third-order valence-corrected chi connectivity index (χ3v) is 5.80. The average Bonchev–Trinajstić information content (AvgIpc) is 3.22. The van der Waals surface area contributed by atoms with Gasteiger partial charge in [-0.1, -0.05) is 5.57 Å². The maximum atomic E-state index is 13.3. The molecule has 0 radical (unpaired) electrons. The Hall–Kier alpha value is -3.81. The summed E-state index contributed by atoms with van der Waals surface area (Å²) in [6.07, 6.45) is 3.54. The van der Waals surface area contributed by atoms with Crippen molar-refractivity contribution in [3.8, 4) is 17.0 Å². The van der Waals surface area contributed by atoms with Crippen LogP contribution in [-0.2, 0) is 4.79 Å². The number of amides is 2. The second kappa shape index (κ2) is 9.59. The number of nitrogens with zero attached hydrogens (tertiary/aromatic N) is 4. The smallest absolute Gasteiger partial charge is 0.254 e. The monoisotopic (exact) mass is 459 g/mol. The van der Waals surface area contributed by atoms with E-state index in [0.717, 1.165) is 16.9 Å².